The van der Waals surface area contributed by atoms with Gasteiger partial charge in [-0.1, -0.05) is 6.07 Å². The molecule has 4 rings (SSSR count). The molecule has 2 amide bonds. The van der Waals surface area contributed by atoms with Gasteiger partial charge in [-0.3, -0.25) is 9.59 Å². The van der Waals surface area contributed by atoms with Gasteiger partial charge in [-0.25, -0.2) is 9.97 Å². The third-order valence-corrected chi connectivity index (χ3v) is 5.00. The first kappa shape index (κ1) is 18.4. The SMILES string of the molecule is O=C(Nc1cccc(C(=O)N2CCN(c3ncccn3)CC2)c1)C1CCCO1. The number of carbonyl (C=O) groups is 2. The van der Waals surface area contributed by atoms with E-state index in [1.54, 1.807) is 42.7 Å². The second kappa shape index (κ2) is 8.35. The number of piperazine rings is 1. The zero-order valence-corrected chi connectivity index (χ0v) is 15.6. The van der Waals surface area contributed by atoms with Crippen LogP contribution in [0.5, 0.6) is 0 Å². The first-order valence-corrected chi connectivity index (χ1v) is 9.54. The van der Waals surface area contributed by atoms with Gasteiger partial charge in [0.1, 0.15) is 6.10 Å². The number of carbonyl (C=O) groups excluding carboxylic acids is 2. The van der Waals surface area contributed by atoms with Gasteiger partial charge in [0, 0.05) is 56.4 Å². The van der Waals surface area contributed by atoms with Gasteiger partial charge in [0.2, 0.25) is 5.95 Å². The van der Waals surface area contributed by atoms with Crippen molar-refractivity contribution in [2.24, 2.45) is 0 Å². The highest BCUT2D eigenvalue weighted by Crippen LogP contribution is 2.18. The van der Waals surface area contributed by atoms with Crippen LogP contribution in [0.4, 0.5) is 11.6 Å². The lowest BCUT2D eigenvalue weighted by Gasteiger charge is -2.34. The molecular weight excluding hydrogens is 358 g/mol. The van der Waals surface area contributed by atoms with E-state index in [9.17, 15) is 9.59 Å². The highest BCUT2D eigenvalue weighted by atomic mass is 16.5. The van der Waals surface area contributed by atoms with Crippen molar-refractivity contribution in [2.45, 2.75) is 18.9 Å². The standard InChI is InChI=1S/C20H23N5O3/c26-18(17-6-2-13-28-17)23-16-5-1-4-15(14-16)19(27)24-9-11-25(12-10-24)20-21-7-3-8-22-20/h1,3-5,7-8,14,17H,2,6,9-13H2,(H,23,26). The Hall–Kier alpha value is -3.00. The molecule has 0 radical (unpaired) electrons. The molecule has 0 saturated carbocycles. The molecule has 1 aromatic carbocycles. The zero-order chi connectivity index (χ0) is 19.3. The molecule has 2 fully saturated rings. The Morgan fingerprint density at radius 2 is 1.86 bits per heavy atom. The quantitative estimate of drug-likeness (QED) is 0.865. The minimum atomic E-state index is -0.396. The third-order valence-electron chi connectivity index (χ3n) is 5.00. The number of aromatic nitrogens is 2. The fourth-order valence-corrected chi connectivity index (χ4v) is 3.48. The van der Waals surface area contributed by atoms with E-state index < -0.39 is 6.10 Å². The van der Waals surface area contributed by atoms with Crippen LogP contribution >= 0.6 is 0 Å². The molecule has 1 aromatic heterocycles. The van der Waals surface area contributed by atoms with Crippen molar-refractivity contribution < 1.29 is 14.3 Å². The van der Waals surface area contributed by atoms with Gasteiger partial charge in [-0.2, -0.15) is 0 Å². The first-order valence-electron chi connectivity index (χ1n) is 9.54. The Balaban J connectivity index is 1.36. The second-order valence-electron chi connectivity index (χ2n) is 6.90. The van der Waals surface area contributed by atoms with Crippen molar-refractivity contribution in [3.8, 4) is 0 Å². The van der Waals surface area contributed by atoms with E-state index in [0.717, 1.165) is 12.8 Å². The van der Waals surface area contributed by atoms with E-state index in [0.29, 0.717) is 50.0 Å². The maximum Gasteiger partial charge on any atom is 0.254 e. The van der Waals surface area contributed by atoms with Crippen LogP contribution in [0.3, 0.4) is 0 Å². The van der Waals surface area contributed by atoms with Crippen molar-refractivity contribution in [1.82, 2.24) is 14.9 Å². The normalized spacial score (nSPS) is 19.5. The number of ether oxygens (including phenoxy) is 1. The second-order valence-corrected chi connectivity index (χ2v) is 6.90. The average molecular weight is 381 g/mol. The Morgan fingerprint density at radius 3 is 2.57 bits per heavy atom. The zero-order valence-electron chi connectivity index (χ0n) is 15.6. The predicted octanol–water partition coefficient (Wildman–Crippen LogP) is 1.56. The summed E-state index contributed by atoms with van der Waals surface area (Å²) in [6, 6.07) is 8.85. The Kier molecular flexibility index (Phi) is 5.48. The third kappa shape index (κ3) is 4.12. The average Bonchev–Trinajstić information content (AvgIpc) is 3.29. The predicted molar refractivity (Wildman–Crippen MR) is 104 cm³/mol. The number of hydrogen-bond donors (Lipinski definition) is 1. The van der Waals surface area contributed by atoms with Crippen LogP contribution in [0, 0.1) is 0 Å². The summed E-state index contributed by atoms with van der Waals surface area (Å²) in [5.74, 6) is 0.494. The fraction of sp³-hybridized carbons (Fsp3) is 0.400. The summed E-state index contributed by atoms with van der Waals surface area (Å²) in [7, 11) is 0. The molecule has 3 heterocycles. The van der Waals surface area contributed by atoms with Crippen molar-refractivity contribution in [3.63, 3.8) is 0 Å². The number of rotatable bonds is 4. The van der Waals surface area contributed by atoms with Crippen LogP contribution in [0.15, 0.2) is 42.7 Å². The molecule has 2 aromatic rings. The maximum absolute atomic E-state index is 12.9. The Bertz CT molecular complexity index is 831. The van der Waals surface area contributed by atoms with E-state index in [4.69, 9.17) is 4.74 Å². The summed E-state index contributed by atoms with van der Waals surface area (Å²) in [6.45, 7) is 3.19. The number of nitrogens with one attached hydrogen (secondary N) is 1. The molecule has 1 N–H and O–H groups in total. The van der Waals surface area contributed by atoms with Gasteiger partial charge in [-0.05, 0) is 37.1 Å². The van der Waals surface area contributed by atoms with Crippen molar-refractivity contribution >= 4 is 23.5 Å². The van der Waals surface area contributed by atoms with Crippen molar-refractivity contribution in [3.05, 3.63) is 48.3 Å². The van der Waals surface area contributed by atoms with Gasteiger partial charge in [-0.15, -0.1) is 0 Å². The summed E-state index contributed by atoms with van der Waals surface area (Å²) in [5, 5.41) is 2.85. The molecule has 1 unspecified atom stereocenters. The molecule has 0 aliphatic carbocycles. The van der Waals surface area contributed by atoms with Crippen molar-refractivity contribution in [2.75, 3.05) is 43.0 Å². The van der Waals surface area contributed by atoms with Crippen LogP contribution in [-0.4, -0.2) is 65.6 Å². The Labute approximate surface area is 163 Å². The summed E-state index contributed by atoms with van der Waals surface area (Å²) in [5.41, 5.74) is 1.18. The molecule has 2 saturated heterocycles. The topological polar surface area (TPSA) is 87.7 Å². The molecule has 2 aliphatic heterocycles. The van der Waals surface area contributed by atoms with E-state index in [1.807, 2.05) is 4.90 Å². The summed E-state index contributed by atoms with van der Waals surface area (Å²) >= 11 is 0. The number of hydrogen-bond acceptors (Lipinski definition) is 6. The summed E-state index contributed by atoms with van der Waals surface area (Å²) < 4.78 is 5.40. The smallest absolute Gasteiger partial charge is 0.254 e. The minimum absolute atomic E-state index is 0.0400. The van der Waals surface area contributed by atoms with Gasteiger partial charge < -0.3 is 19.9 Å². The molecular formula is C20H23N5O3. The first-order chi connectivity index (χ1) is 13.7. The van der Waals surface area contributed by atoms with Gasteiger partial charge >= 0.3 is 0 Å². The number of amides is 2. The van der Waals surface area contributed by atoms with Crippen LogP contribution in [0.2, 0.25) is 0 Å². The lowest BCUT2D eigenvalue weighted by atomic mass is 10.1. The fourth-order valence-electron chi connectivity index (χ4n) is 3.48. The van der Waals surface area contributed by atoms with Gasteiger partial charge in [0.15, 0.2) is 0 Å². The highest BCUT2D eigenvalue weighted by Gasteiger charge is 2.25. The summed E-state index contributed by atoms with van der Waals surface area (Å²) in [4.78, 5) is 37.5. The van der Waals surface area contributed by atoms with E-state index in [2.05, 4.69) is 20.2 Å². The molecule has 8 nitrogen and oxygen atoms in total. The molecule has 0 spiro atoms. The highest BCUT2D eigenvalue weighted by molar-refractivity contribution is 5.98. The number of benzene rings is 1. The molecule has 0 bridgehead atoms. The number of nitrogens with zero attached hydrogens (tertiary/aromatic N) is 4. The van der Waals surface area contributed by atoms with Crippen LogP contribution in [0.25, 0.3) is 0 Å². The van der Waals surface area contributed by atoms with E-state index in [1.165, 1.54) is 0 Å². The monoisotopic (exact) mass is 381 g/mol. The number of anilines is 2. The maximum atomic E-state index is 12.9. The minimum Gasteiger partial charge on any atom is -0.368 e. The Morgan fingerprint density at radius 1 is 1.07 bits per heavy atom. The lowest BCUT2D eigenvalue weighted by Crippen LogP contribution is -2.49. The van der Waals surface area contributed by atoms with Crippen molar-refractivity contribution in [1.29, 1.82) is 0 Å². The van der Waals surface area contributed by atoms with Gasteiger partial charge in [0.25, 0.3) is 11.8 Å². The van der Waals surface area contributed by atoms with Gasteiger partial charge in [0.05, 0.1) is 0 Å². The van der Waals surface area contributed by atoms with Crippen LogP contribution < -0.4 is 10.2 Å². The molecule has 28 heavy (non-hydrogen) atoms. The largest absolute Gasteiger partial charge is 0.368 e. The van der Waals surface area contributed by atoms with E-state index >= 15 is 0 Å². The molecule has 146 valence electrons. The van der Waals surface area contributed by atoms with Crippen LogP contribution in [0.1, 0.15) is 23.2 Å². The summed E-state index contributed by atoms with van der Waals surface area (Å²) in [6.07, 6.45) is 4.68. The van der Waals surface area contributed by atoms with E-state index in [-0.39, 0.29) is 11.8 Å². The molecule has 8 heteroatoms. The molecule has 2 aliphatic rings. The molecule has 1 atom stereocenters. The lowest BCUT2D eigenvalue weighted by molar-refractivity contribution is -0.124. The van der Waals surface area contributed by atoms with Crippen LogP contribution in [-0.2, 0) is 9.53 Å².